The molecule has 0 bridgehead atoms. The van der Waals surface area contributed by atoms with Gasteiger partial charge < -0.3 is 10.6 Å². The molecule has 0 aromatic heterocycles. The molecule has 2 atom stereocenters. The van der Waals surface area contributed by atoms with Crippen molar-refractivity contribution in [3.05, 3.63) is 35.4 Å². The van der Waals surface area contributed by atoms with Crippen molar-refractivity contribution in [2.24, 2.45) is 11.3 Å². The second-order valence-corrected chi connectivity index (χ2v) is 9.02. The molecule has 2 fully saturated rings. The summed E-state index contributed by atoms with van der Waals surface area (Å²) in [6.07, 6.45) is 2.26. The van der Waals surface area contributed by atoms with Crippen LogP contribution in [0.5, 0.6) is 0 Å². The lowest BCUT2D eigenvalue weighted by molar-refractivity contribution is -0.137. The fourth-order valence-corrected chi connectivity index (χ4v) is 4.76. The third kappa shape index (κ3) is 4.15. The summed E-state index contributed by atoms with van der Waals surface area (Å²) in [6.45, 7) is 8.49. The topological polar surface area (TPSA) is 78.5 Å². The molecule has 6 nitrogen and oxygen atoms in total. The molecule has 1 aromatic rings. The minimum Gasteiger partial charge on any atom is -0.350 e. The number of carbonyl (C=O) groups is 3. The van der Waals surface area contributed by atoms with Crippen LogP contribution in [0.2, 0.25) is 0 Å². The van der Waals surface area contributed by atoms with E-state index in [1.807, 2.05) is 31.2 Å². The molecule has 4 amide bonds. The van der Waals surface area contributed by atoms with Gasteiger partial charge in [0, 0.05) is 6.54 Å². The van der Waals surface area contributed by atoms with Gasteiger partial charge in [0.15, 0.2) is 0 Å². The van der Waals surface area contributed by atoms with E-state index in [4.69, 9.17) is 0 Å². The van der Waals surface area contributed by atoms with Crippen LogP contribution in [0.25, 0.3) is 0 Å². The number of aryl methyl sites for hydroxylation is 1. The summed E-state index contributed by atoms with van der Waals surface area (Å²) in [5.74, 6) is -0.259. The number of benzene rings is 1. The van der Waals surface area contributed by atoms with Crippen molar-refractivity contribution in [3.63, 3.8) is 0 Å². The van der Waals surface area contributed by atoms with Gasteiger partial charge in [0.05, 0.1) is 0 Å². The molecule has 1 heterocycles. The van der Waals surface area contributed by atoms with Gasteiger partial charge in [-0.25, -0.2) is 4.79 Å². The van der Waals surface area contributed by atoms with Crippen molar-refractivity contribution in [2.75, 3.05) is 6.54 Å². The molecule has 146 valence electrons. The van der Waals surface area contributed by atoms with Gasteiger partial charge in [0.25, 0.3) is 5.91 Å². The first kappa shape index (κ1) is 19.4. The number of hydrogen-bond acceptors (Lipinski definition) is 3. The second kappa shape index (κ2) is 6.98. The Kier molecular flexibility index (Phi) is 5.02. The summed E-state index contributed by atoms with van der Waals surface area (Å²) in [5, 5.41) is 5.69. The lowest BCUT2D eigenvalue weighted by Gasteiger charge is -2.43. The zero-order valence-electron chi connectivity index (χ0n) is 16.6. The average molecular weight is 371 g/mol. The first-order chi connectivity index (χ1) is 12.6. The fraction of sp³-hybridized carbons (Fsp3) is 0.571. The molecular formula is C21H29N3O3. The smallest absolute Gasteiger partial charge is 0.325 e. The Hall–Kier alpha value is -2.37. The quantitative estimate of drug-likeness (QED) is 0.799. The third-order valence-corrected chi connectivity index (χ3v) is 5.54. The normalized spacial score (nSPS) is 27.0. The molecule has 0 unspecified atom stereocenters. The van der Waals surface area contributed by atoms with E-state index in [9.17, 15) is 14.4 Å². The molecule has 1 aromatic carbocycles. The number of imide groups is 1. The zero-order chi connectivity index (χ0) is 19.8. The first-order valence-corrected chi connectivity index (χ1v) is 9.57. The van der Waals surface area contributed by atoms with E-state index in [-0.39, 0.29) is 23.8 Å². The third-order valence-electron chi connectivity index (χ3n) is 5.54. The minimum atomic E-state index is -0.866. The molecule has 1 saturated heterocycles. The highest BCUT2D eigenvalue weighted by molar-refractivity contribution is 6.09. The monoisotopic (exact) mass is 371 g/mol. The van der Waals surface area contributed by atoms with Gasteiger partial charge in [-0.3, -0.25) is 14.5 Å². The highest BCUT2D eigenvalue weighted by atomic mass is 16.2. The van der Waals surface area contributed by atoms with E-state index in [2.05, 4.69) is 31.4 Å². The lowest BCUT2D eigenvalue weighted by atomic mass is 9.64. The van der Waals surface area contributed by atoms with Gasteiger partial charge in [-0.2, -0.15) is 0 Å². The van der Waals surface area contributed by atoms with Crippen molar-refractivity contribution >= 4 is 17.8 Å². The molecule has 6 heteroatoms. The number of amides is 4. The van der Waals surface area contributed by atoms with Crippen molar-refractivity contribution in [2.45, 2.75) is 59.0 Å². The van der Waals surface area contributed by atoms with Gasteiger partial charge in [0.1, 0.15) is 12.1 Å². The number of carbonyl (C=O) groups excluding carboxylic acids is 3. The number of rotatable bonds is 4. The maximum absolute atomic E-state index is 13.0. The number of nitrogens with one attached hydrogen (secondary N) is 2. The van der Waals surface area contributed by atoms with Crippen LogP contribution in [0.4, 0.5) is 4.79 Å². The maximum atomic E-state index is 13.0. The Morgan fingerprint density at radius 3 is 2.52 bits per heavy atom. The lowest BCUT2D eigenvalue weighted by Crippen LogP contribution is -2.54. The van der Waals surface area contributed by atoms with Crippen molar-refractivity contribution < 1.29 is 14.4 Å². The number of urea groups is 1. The Morgan fingerprint density at radius 1 is 1.22 bits per heavy atom. The Balaban J connectivity index is 1.63. The van der Waals surface area contributed by atoms with Gasteiger partial charge >= 0.3 is 6.03 Å². The summed E-state index contributed by atoms with van der Waals surface area (Å²) in [4.78, 5) is 38.8. The highest BCUT2D eigenvalue weighted by Crippen LogP contribution is 2.46. The molecule has 1 spiro atoms. The van der Waals surface area contributed by atoms with E-state index in [1.165, 1.54) is 0 Å². The summed E-state index contributed by atoms with van der Waals surface area (Å²) in [7, 11) is 0. The van der Waals surface area contributed by atoms with Crippen LogP contribution in [-0.2, 0) is 16.1 Å². The van der Waals surface area contributed by atoms with E-state index < -0.39 is 11.6 Å². The van der Waals surface area contributed by atoms with Crippen LogP contribution < -0.4 is 10.6 Å². The molecule has 3 rings (SSSR count). The van der Waals surface area contributed by atoms with E-state index in [0.717, 1.165) is 22.4 Å². The average Bonchev–Trinajstić information content (AvgIpc) is 2.76. The van der Waals surface area contributed by atoms with Crippen LogP contribution in [0.3, 0.4) is 0 Å². The van der Waals surface area contributed by atoms with Gasteiger partial charge in [-0.15, -0.1) is 0 Å². The van der Waals surface area contributed by atoms with E-state index >= 15 is 0 Å². The molecule has 2 aliphatic rings. The molecular weight excluding hydrogens is 342 g/mol. The summed E-state index contributed by atoms with van der Waals surface area (Å²) in [5.41, 5.74) is 1.24. The molecule has 2 N–H and O–H groups in total. The van der Waals surface area contributed by atoms with E-state index in [0.29, 0.717) is 25.3 Å². The summed E-state index contributed by atoms with van der Waals surface area (Å²) >= 11 is 0. The first-order valence-electron chi connectivity index (χ1n) is 9.57. The largest absolute Gasteiger partial charge is 0.350 e. The van der Waals surface area contributed by atoms with Crippen molar-refractivity contribution in [1.29, 1.82) is 0 Å². The van der Waals surface area contributed by atoms with Crippen LogP contribution in [0.1, 0.15) is 51.2 Å². The van der Waals surface area contributed by atoms with Crippen LogP contribution in [0, 0.1) is 18.3 Å². The fourth-order valence-electron chi connectivity index (χ4n) is 4.76. The number of hydrogen-bond donors (Lipinski definition) is 2. The molecule has 27 heavy (non-hydrogen) atoms. The standard InChI is InChI=1S/C21H29N3O3/c1-14-5-7-16(8-6-14)11-22-17(25)12-24-18(26)21(23-19(24)27)10-15(2)9-20(3,4)13-21/h5-8,15H,9-13H2,1-4H3,(H,22,25)(H,23,27)/t15-,21+/m1/s1. The molecule has 1 aliphatic carbocycles. The second-order valence-electron chi connectivity index (χ2n) is 9.02. The predicted octanol–water partition coefficient (Wildman–Crippen LogP) is 2.75. The van der Waals surface area contributed by atoms with Gasteiger partial charge in [-0.05, 0) is 43.1 Å². The van der Waals surface area contributed by atoms with Gasteiger partial charge in [-0.1, -0.05) is 50.6 Å². The van der Waals surface area contributed by atoms with Crippen molar-refractivity contribution in [1.82, 2.24) is 15.5 Å². The Bertz CT molecular complexity index is 756. The predicted molar refractivity (Wildman–Crippen MR) is 103 cm³/mol. The van der Waals surface area contributed by atoms with E-state index in [1.54, 1.807) is 0 Å². The maximum Gasteiger partial charge on any atom is 0.325 e. The Morgan fingerprint density at radius 2 is 1.89 bits per heavy atom. The molecule has 0 radical (unpaired) electrons. The van der Waals surface area contributed by atoms with Crippen LogP contribution in [-0.4, -0.2) is 34.8 Å². The minimum absolute atomic E-state index is 0.0235. The van der Waals surface area contributed by atoms with Crippen LogP contribution >= 0.6 is 0 Å². The highest BCUT2D eigenvalue weighted by Gasteiger charge is 2.56. The Labute approximate surface area is 160 Å². The summed E-state index contributed by atoms with van der Waals surface area (Å²) in [6, 6.07) is 7.40. The van der Waals surface area contributed by atoms with Crippen molar-refractivity contribution in [3.8, 4) is 0 Å². The van der Waals surface area contributed by atoms with Crippen LogP contribution in [0.15, 0.2) is 24.3 Å². The molecule has 1 saturated carbocycles. The SMILES string of the molecule is Cc1ccc(CNC(=O)CN2C(=O)N[C@]3(C[C@H](C)CC(C)(C)C3)C2=O)cc1. The summed E-state index contributed by atoms with van der Waals surface area (Å²) < 4.78 is 0. The number of nitrogens with zero attached hydrogens (tertiary/aromatic N) is 1. The van der Waals surface area contributed by atoms with Gasteiger partial charge in [0.2, 0.25) is 5.91 Å². The zero-order valence-corrected chi connectivity index (χ0v) is 16.6. The molecule has 1 aliphatic heterocycles.